The predicted molar refractivity (Wildman–Crippen MR) is 71.3 cm³/mol. The number of carboxylic acids is 1. The average molecular weight is 265 g/mol. The van der Waals surface area contributed by atoms with Crippen LogP contribution in [0.15, 0.2) is 24.3 Å². The molecule has 1 aliphatic rings. The van der Waals surface area contributed by atoms with Crippen molar-refractivity contribution in [2.45, 2.75) is 38.8 Å². The van der Waals surface area contributed by atoms with Gasteiger partial charge in [-0.1, -0.05) is 26.0 Å². The number of carbonyl (C=O) groups is 1. The summed E-state index contributed by atoms with van der Waals surface area (Å²) in [4.78, 5) is 13.4. The summed E-state index contributed by atoms with van der Waals surface area (Å²) in [5.41, 5.74) is 0.864. The monoisotopic (exact) mass is 265 g/mol. The van der Waals surface area contributed by atoms with E-state index in [4.69, 9.17) is 0 Å². The van der Waals surface area contributed by atoms with Crippen LogP contribution in [0.5, 0.6) is 0 Å². The van der Waals surface area contributed by atoms with E-state index in [1.54, 1.807) is 6.07 Å². The lowest BCUT2D eigenvalue weighted by Gasteiger charge is -2.31. The number of benzene rings is 1. The predicted octanol–water partition coefficient (Wildman–Crippen LogP) is 3.07. The van der Waals surface area contributed by atoms with Crippen LogP contribution in [0.1, 0.15) is 38.3 Å². The largest absolute Gasteiger partial charge is 0.480 e. The van der Waals surface area contributed by atoms with Crippen molar-refractivity contribution in [1.82, 2.24) is 4.90 Å². The molecule has 0 aromatic heterocycles. The molecule has 0 amide bonds. The topological polar surface area (TPSA) is 40.5 Å². The van der Waals surface area contributed by atoms with Crippen molar-refractivity contribution in [2.24, 2.45) is 5.92 Å². The van der Waals surface area contributed by atoms with Crippen LogP contribution in [-0.4, -0.2) is 28.6 Å². The second kappa shape index (κ2) is 5.70. The summed E-state index contributed by atoms with van der Waals surface area (Å²) >= 11 is 0. The lowest BCUT2D eigenvalue weighted by atomic mass is 9.99. The Balaban J connectivity index is 2.29. The number of rotatable bonds is 4. The molecule has 0 spiro atoms. The summed E-state index contributed by atoms with van der Waals surface area (Å²) in [6.07, 6.45) is 1.66. The van der Waals surface area contributed by atoms with E-state index in [9.17, 15) is 14.3 Å². The third kappa shape index (κ3) is 2.78. The first-order valence-corrected chi connectivity index (χ1v) is 6.78. The molecule has 4 heteroatoms. The van der Waals surface area contributed by atoms with Gasteiger partial charge in [0.25, 0.3) is 0 Å². The highest BCUT2D eigenvalue weighted by molar-refractivity contribution is 5.74. The third-order valence-electron chi connectivity index (χ3n) is 4.01. The van der Waals surface area contributed by atoms with Gasteiger partial charge in [-0.3, -0.25) is 9.69 Å². The van der Waals surface area contributed by atoms with Gasteiger partial charge in [0.05, 0.1) is 0 Å². The Morgan fingerprint density at radius 3 is 2.89 bits per heavy atom. The Morgan fingerprint density at radius 2 is 2.32 bits per heavy atom. The van der Waals surface area contributed by atoms with Crippen LogP contribution >= 0.6 is 0 Å². The summed E-state index contributed by atoms with van der Waals surface area (Å²) in [5.74, 6) is -0.907. The highest BCUT2D eigenvalue weighted by Crippen LogP contribution is 2.34. The van der Waals surface area contributed by atoms with Crippen LogP contribution in [0.3, 0.4) is 0 Å². The SMILES string of the molecule is CCC(c1cccc(F)c1)N1CCC(C)C1C(=O)O. The lowest BCUT2D eigenvalue weighted by Crippen LogP contribution is -2.41. The summed E-state index contributed by atoms with van der Waals surface area (Å²) in [7, 11) is 0. The number of hydrogen-bond acceptors (Lipinski definition) is 2. The minimum Gasteiger partial charge on any atom is -0.480 e. The maximum Gasteiger partial charge on any atom is 0.321 e. The van der Waals surface area contributed by atoms with Crippen LogP contribution in [0.2, 0.25) is 0 Å². The fourth-order valence-electron chi connectivity index (χ4n) is 3.09. The van der Waals surface area contributed by atoms with Gasteiger partial charge < -0.3 is 5.11 Å². The molecule has 0 bridgehead atoms. The smallest absolute Gasteiger partial charge is 0.321 e. The van der Waals surface area contributed by atoms with Crippen LogP contribution in [0.4, 0.5) is 4.39 Å². The molecule has 0 radical (unpaired) electrons. The molecule has 1 aliphatic heterocycles. The molecular weight excluding hydrogens is 245 g/mol. The van der Waals surface area contributed by atoms with E-state index in [0.29, 0.717) is 0 Å². The van der Waals surface area contributed by atoms with Crippen LogP contribution < -0.4 is 0 Å². The third-order valence-corrected chi connectivity index (χ3v) is 4.01. The van der Waals surface area contributed by atoms with Crippen molar-refractivity contribution in [3.8, 4) is 0 Å². The molecule has 19 heavy (non-hydrogen) atoms. The molecule has 3 atom stereocenters. The molecule has 0 aliphatic carbocycles. The number of halogens is 1. The highest BCUT2D eigenvalue weighted by Gasteiger charge is 2.40. The van der Waals surface area contributed by atoms with Crippen molar-refractivity contribution < 1.29 is 14.3 Å². The van der Waals surface area contributed by atoms with E-state index in [-0.39, 0.29) is 17.8 Å². The number of nitrogens with zero attached hydrogens (tertiary/aromatic N) is 1. The molecule has 1 saturated heterocycles. The van der Waals surface area contributed by atoms with Gasteiger partial charge in [0.2, 0.25) is 0 Å². The number of hydrogen-bond donors (Lipinski definition) is 1. The molecule has 104 valence electrons. The van der Waals surface area contributed by atoms with Crippen molar-refractivity contribution in [1.29, 1.82) is 0 Å². The number of carboxylic acid groups (broad SMARTS) is 1. The molecule has 3 unspecified atom stereocenters. The van der Waals surface area contributed by atoms with Crippen molar-refractivity contribution in [2.75, 3.05) is 6.54 Å². The van der Waals surface area contributed by atoms with Crippen molar-refractivity contribution in [3.63, 3.8) is 0 Å². The second-order valence-corrected chi connectivity index (χ2v) is 5.27. The van der Waals surface area contributed by atoms with E-state index in [1.165, 1.54) is 12.1 Å². The van der Waals surface area contributed by atoms with Gasteiger partial charge in [-0.2, -0.15) is 0 Å². The Morgan fingerprint density at radius 1 is 1.58 bits per heavy atom. The fraction of sp³-hybridized carbons (Fsp3) is 0.533. The molecule has 0 saturated carbocycles. The zero-order valence-corrected chi connectivity index (χ0v) is 11.3. The number of aliphatic carboxylic acids is 1. The van der Waals surface area contributed by atoms with Crippen molar-refractivity contribution in [3.05, 3.63) is 35.6 Å². The van der Waals surface area contributed by atoms with Gasteiger partial charge in [0.15, 0.2) is 0 Å². The van der Waals surface area contributed by atoms with Gasteiger partial charge in [0.1, 0.15) is 11.9 Å². The molecule has 1 fully saturated rings. The summed E-state index contributed by atoms with van der Waals surface area (Å²) in [6, 6.07) is 5.99. The Kier molecular flexibility index (Phi) is 4.20. The zero-order valence-electron chi connectivity index (χ0n) is 11.3. The van der Waals surface area contributed by atoms with Gasteiger partial charge in [0, 0.05) is 6.04 Å². The summed E-state index contributed by atoms with van der Waals surface area (Å²) in [6.45, 7) is 4.74. The Hall–Kier alpha value is -1.42. The highest BCUT2D eigenvalue weighted by atomic mass is 19.1. The Bertz CT molecular complexity index is 463. The molecule has 2 rings (SSSR count). The van der Waals surface area contributed by atoms with Gasteiger partial charge in [-0.25, -0.2) is 4.39 Å². The summed E-state index contributed by atoms with van der Waals surface area (Å²) < 4.78 is 13.3. The Labute approximate surface area is 113 Å². The minimum absolute atomic E-state index is 0.0262. The van der Waals surface area contributed by atoms with E-state index in [2.05, 4.69) is 0 Å². The lowest BCUT2D eigenvalue weighted by molar-refractivity contribution is -0.144. The van der Waals surface area contributed by atoms with Crippen LogP contribution in [0.25, 0.3) is 0 Å². The normalized spacial score (nSPS) is 25.4. The molecular formula is C15H20FNO2. The van der Waals surface area contributed by atoms with Gasteiger partial charge in [-0.15, -0.1) is 0 Å². The molecule has 1 aromatic rings. The van der Waals surface area contributed by atoms with Gasteiger partial charge in [-0.05, 0) is 43.0 Å². The summed E-state index contributed by atoms with van der Waals surface area (Å²) in [5, 5.41) is 9.38. The first-order valence-electron chi connectivity index (χ1n) is 6.78. The van der Waals surface area contributed by atoms with E-state index in [0.717, 1.165) is 24.9 Å². The first-order chi connectivity index (χ1) is 9.04. The van der Waals surface area contributed by atoms with Crippen LogP contribution in [0, 0.1) is 11.7 Å². The first kappa shape index (κ1) is 14.0. The van der Waals surface area contributed by atoms with Gasteiger partial charge >= 0.3 is 5.97 Å². The molecule has 1 N–H and O–H groups in total. The second-order valence-electron chi connectivity index (χ2n) is 5.27. The molecule has 1 heterocycles. The minimum atomic E-state index is -0.778. The van der Waals surface area contributed by atoms with Crippen molar-refractivity contribution >= 4 is 5.97 Å². The quantitative estimate of drug-likeness (QED) is 0.909. The standard InChI is InChI=1S/C15H20FNO2/c1-3-13(11-5-4-6-12(16)9-11)17-8-7-10(2)14(17)15(18)19/h4-6,9-10,13-14H,3,7-8H2,1-2H3,(H,18,19). The van der Waals surface area contributed by atoms with E-state index in [1.807, 2.05) is 24.8 Å². The van der Waals surface area contributed by atoms with E-state index < -0.39 is 12.0 Å². The maximum atomic E-state index is 13.3. The van der Waals surface area contributed by atoms with Crippen LogP contribution in [-0.2, 0) is 4.79 Å². The molecule has 3 nitrogen and oxygen atoms in total. The maximum absolute atomic E-state index is 13.3. The average Bonchev–Trinajstić information content (AvgIpc) is 2.72. The fourth-order valence-corrected chi connectivity index (χ4v) is 3.09. The molecule has 1 aromatic carbocycles. The number of likely N-dealkylation sites (tertiary alicyclic amines) is 1. The zero-order chi connectivity index (χ0) is 14.0. The van der Waals surface area contributed by atoms with E-state index >= 15 is 0 Å².